The van der Waals surface area contributed by atoms with E-state index < -0.39 is 0 Å². The summed E-state index contributed by atoms with van der Waals surface area (Å²) in [6.07, 6.45) is 6.44. The van der Waals surface area contributed by atoms with Gasteiger partial charge >= 0.3 is 0 Å². The molecule has 1 N–H and O–H groups in total. The van der Waals surface area contributed by atoms with Crippen molar-refractivity contribution in [3.8, 4) is 0 Å². The Kier molecular flexibility index (Phi) is 4.35. The molecule has 1 amide bonds. The number of benzene rings is 1. The van der Waals surface area contributed by atoms with Gasteiger partial charge in [-0.3, -0.25) is 4.79 Å². The van der Waals surface area contributed by atoms with Crippen LogP contribution in [0.15, 0.2) is 35.8 Å². The monoisotopic (exact) mass is 341 g/mol. The van der Waals surface area contributed by atoms with Crippen LogP contribution < -0.4 is 5.32 Å². The van der Waals surface area contributed by atoms with Crippen molar-refractivity contribution < 1.29 is 4.79 Å². The molecule has 3 unspecified atom stereocenters. The molecule has 2 aliphatic rings. The van der Waals surface area contributed by atoms with Crippen LogP contribution in [-0.4, -0.2) is 22.6 Å². The molecule has 5 heteroatoms. The number of amides is 1. The van der Waals surface area contributed by atoms with Crippen LogP contribution in [0.25, 0.3) is 0 Å². The van der Waals surface area contributed by atoms with Gasteiger partial charge in [0.1, 0.15) is 10.5 Å². The van der Waals surface area contributed by atoms with Gasteiger partial charge in [0.15, 0.2) is 0 Å². The largest absolute Gasteiger partial charge is 0.355 e. The lowest BCUT2D eigenvalue weighted by Gasteiger charge is -2.36. The first-order chi connectivity index (χ1) is 11.8. The number of aromatic nitrogens is 2. The minimum Gasteiger partial charge on any atom is -0.355 e. The first-order valence-corrected chi connectivity index (χ1v) is 9.71. The number of nitrogens with one attached hydrogen (secondary N) is 1. The van der Waals surface area contributed by atoms with E-state index in [0.717, 1.165) is 30.2 Å². The van der Waals surface area contributed by atoms with Gasteiger partial charge in [-0.05, 0) is 43.1 Å². The molecule has 3 atom stereocenters. The molecule has 24 heavy (non-hydrogen) atoms. The summed E-state index contributed by atoms with van der Waals surface area (Å²) < 4.78 is 0. The Labute approximate surface area is 146 Å². The lowest BCUT2D eigenvalue weighted by Crippen LogP contribution is -2.46. The van der Waals surface area contributed by atoms with Crippen LogP contribution in [0, 0.1) is 17.3 Å². The standard InChI is InChI=1S/C19H23N3OS/c23-18(20-9-8-17-22-21-13-24-17)19(11-14-4-2-1-3-5-14)12-15-6-7-16(19)10-15/h1-5,13,15-16H,6-12H2,(H,20,23). The summed E-state index contributed by atoms with van der Waals surface area (Å²) in [6, 6.07) is 10.5. The fourth-order valence-corrected chi connectivity index (χ4v) is 5.27. The third-order valence-electron chi connectivity index (χ3n) is 5.82. The van der Waals surface area contributed by atoms with Crippen LogP contribution in [-0.2, 0) is 17.6 Å². The van der Waals surface area contributed by atoms with Crippen molar-refractivity contribution in [1.29, 1.82) is 0 Å². The zero-order valence-corrected chi connectivity index (χ0v) is 14.6. The molecular formula is C19H23N3OS. The van der Waals surface area contributed by atoms with Crippen molar-refractivity contribution in [1.82, 2.24) is 15.5 Å². The number of carbonyl (C=O) groups excluding carboxylic acids is 1. The molecule has 2 aliphatic carbocycles. The number of hydrogen-bond acceptors (Lipinski definition) is 4. The Bertz CT molecular complexity index is 688. The Balaban J connectivity index is 1.47. The Morgan fingerprint density at radius 2 is 2.17 bits per heavy atom. The minimum atomic E-state index is -0.203. The maximum Gasteiger partial charge on any atom is 0.226 e. The molecule has 126 valence electrons. The molecule has 0 spiro atoms. The summed E-state index contributed by atoms with van der Waals surface area (Å²) in [5, 5.41) is 12.1. The predicted octanol–water partition coefficient (Wildman–Crippen LogP) is 3.25. The number of nitrogens with zero attached hydrogens (tertiary/aromatic N) is 2. The number of hydrogen-bond donors (Lipinski definition) is 1. The molecule has 0 saturated heterocycles. The van der Waals surface area contributed by atoms with Crippen LogP contribution in [0.4, 0.5) is 0 Å². The van der Waals surface area contributed by atoms with Gasteiger partial charge in [-0.15, -0.1) is 21.5 Å². The quantitative estimate of drug-likeness (QED) is 0.877. The van der Waals surface area contributed by atoms with E-state index in [4.69, 9.17) is 0 Å². The van der Waals surface area contributed by atoms with Gasteiger partial charge in [-0.2, -0.15) is 0 Å². The average molecular weight is 341 g/mol. The molecule has 2 saturated carbocycles. The molecule has 0 radical (unpaired) electrons. The molecule has 4 rings (SSSR count). The molecule has 1 heterocycles. The normalized spacial score (nSPS) is 28.2. The Hall–Kier alpha value is -1.75. The first-order valence-electron chi connectivity index (χ1n) is 8.83. The van der Waals surface area contributed by atoms with E-state index in [2.05, 4.69) is 39.8 Å². The van der Waals surface area contributed by atoms with E-state index in [-0.39, 0.29) is 11.3 Å². The first kappa shape index (κ1) is 15.8. The molecule has 1 aromatic carbocycles. The fourth-order valence-electron chi connectivity index (χ4n) is 4.74. The van der Waals surface area contributed by atoms with Crippen LogP contribution in [0.1, 0.15) is 36.3 Å². The summed E-state index contributed by atoms with van der Waals surface area (Å²) >= 11 is 1.55. The summed E-state index contributed by atoms with van der Waals surface area (Å²) in [7, 11) is 0. The fraction of sp³-hybridized carbons (Fsp3) is 0.526. The summed E-state index contributed by atoms with van der Waals surface area (Å²) in [5.74, 6) is 1.54. The second-order valence-electron chi connectivity index (χ2n) is 7.24. The van der Waals surface area contributed by atoms with E-state index in [1.807, 2.05) is 6.07 Å². The second-order valence-corrected chi connectivity index (χ2v) is 8.15. The molecule has 2 fully saturated rings. The van der Waals surface area contributed by atoms with Gasteiger partial charge in [-0.25, -0.2) is 0 Å². The van der Waals surface area contributed by atoms with Crippen molar-refractivity contribution in [2.45, 2.75) is 38.5 Å². The molecule has 0 aliphatic heterocycles. The van der Waals surface area contributed by atoms with Crippen LogP contribution in [0.3, 0.4) is 0 Å². The van der Waals surface area contributed by atoms with Crippen LogP contribution in [0.5, 0.6) is 0 Å². The zero-order chi connectivity index (χ0) is 16.4. The molecule has 2 aromatic rings. The van der Waals surface area contributed by atoms with E-state index in [1.54, 1.807) is 16.8 Å². The minimum absolute atomic E-state index is 0.203. The Morgan fingerprint density at radius 3 is 2.83 bits per heavy atom. The third-order valence-corrected chi connectivity index (χ3v) is 6.58. The van der Waals surface area contributed by atoms with Crippen molar-refractivity contribution in [3.63, 3.8) is 0 Å². The van der Waals surface area contributed by atoms with Gasteiger partial charge in [0, 0.05) is 13.0 Å². The van der Waals surface area contributed by atoms with Crippen molar-refractivity contribution >= 4 is 17.2 Å². The lowest BCUT2D eigenvalue weighted by molar-refractivity contribution is -0.134. The van der Waals surface area contributed by atoms with Crippen LogP contribution in [0.2, 0.25) is 0 Å². The van der Waals surface area contributed by atoms with E-state index in [9.17, 15) is 4.79 Å². The van der Waals surface area contributed by atoms with Crippen molar-refractivity contribution in [3.05, 3.63) is 46.4 Å². The van der Waals surface area contributed by atoms with Gasteiger partial charge in [-0.1, -0.05) is 36.8 Å². The van der Waals surface area contributed by atoms with E-state index >= 15 is 0 Å². The topological polar surface area (TPSA) is 54.9 Å². The van der Waals surface area contributed by atoms with Crippen molar-refractivity contribution in [2.75, 3.05) is 6.54 Å². The van der Waals surface area contributed by atoms with Gasteiger partial charge in [0.25, 0.3) is 0 Å². The second kappa shape index (κ2) is 6.63. The molecule has 4 nitrogen and oxygen atoms in total. The van der Waals surface area contributed by atoms with Crippen LogP contribution >= 0.6 is 11.3 Å². The molecule has 2 bridgehead atoms. The van der Waals surface area contributed by atoms with Gasteiger partial charge < -0.3 is 5.32 Å². The lowest BCUT2D eigenvalue weighted by atomic mass is 9.68. The maximum atomic E-state index is 13.1. The Morgan fingerprint density at radius 1 is 1.29 bits per heavy atom. The van der Waals surface area contributed by atoms with E-state index in [0.29, 0.717) is 12.5 Å². The van der Waals surface area contributed by atoms with Gasteiger partial charge in [0.05, 0.1) is 5.41 Å². The maximum absolute atomic E-state index is 13.1. The average Bonchev–Trinajstić information content (AvgIpc) is 3.33. The highest BCUT2D eigenvalue weighted by atomic mass is 32.1. The predicted molar refractivity (Wildman–Crippen MR) is 94.6 cm³/mol. The summed E-state index contributed by atoms with van der Waals surface area (Å²) in [6.45, 7) is 0.655. The summed E-state index contributed by atoms with van der Waals surface area (Å²) in [5.41, 5.74) is 2.82. The molecule has 1 aromatic heterocycles. The van der Waals surface area contributed by atoms with Crippen molar-refractivity contribution in [2.24, 2.45) is 17.3 Å². The highest BCUT2D eigenvalue weighted by Crippen LogP contribution is 2.57. The van der Waals surface area contributed by atoms with Gasteiger partial charge in [0.2, 0.25) is 5.91 Å². The zero-order valence-electron chi connectivity index (χ0n) is 13.8. The molecular weight excluding hydrogens is 318 g/mol. The van der Waals surface area contributed by atoms with E-state index in [1.165, 1.54) is 24.8 Å². The highest BCUT2D eigenvalue weighted by Gasteiger charge is 2.55. The SMILES string of the molecule is O=C(NCCc1nncs1)C1(Cc2ccccc2)CC2CCC1C2. The summed E-state index contributed by atoms with van der Waals surface area (Å²) in [4.78, 5) is 13.1. The number of fused-ring (bicyclic) bond motifs is 2. The highest BCUT2D eigenvalue weighted by molar-refractivity contribution is 7.09. The number of carbonyl (C=O) groups is 1. The third kappa shape index (κ3) is 2.97. The number of rotatable bonds is 6. The smallest absolute Gasteiger partial charge is 0.226 e.